The lowest BCUT2D eigenvalue weighted by Crippen LogP contribution is -2.45. The van der Waals surface area contributed by atoms with Gasteiger partial charge in [-0.25, -0.2) is 0 Å². The predicted molar refractivity (Wildman–Crippen MR) is 56.2 cm³/mol. The first-order valence-corrected chi connectivity index (χ1v) is 4.53. The van der Waals surface area contributed by atoms with E-state index in [1.54, 1.807) is 0 Å². The molecule has 6 N–H and O–H groups in total. The molecule has 0 spiro atoms. The molecular formula is C8H16ClN3O3. The summed E-state index contributed by atoms with van der Waals surface area (Å²) < 4.78 is 0. The van der Waals surface area contributed by atoms with Crippen molar-refractivity contribution in [1.29, 1.82) is 0 Å². The van der Waals surface area contributed by atoms with E-state index in [-0.39, 0.29) is 30.7 Å². The number of hydrogen-bond donors (Lipinski definition) is 4. The minimum absolute atomic E-state index is 0. The van der Waals surface area contributed by atoms with Crippen LogP contribution in [-0.4, -0.2) is 35.6 Å². The van der Waals surface area contributed by atoms with Crippen LogP contribution in [0.5, 0.6) is 0 Å². The van der Waals surface area contributed by atoms with Gasteiger partial charge in [0, 0.05) is 18.5 Å². The van der Waals surface area contributed by atoms with Gasteiger partial charge in [0.1, 0.15) is 6.10 Å². The number of rotatable bonds is 4. The lowest BCUT2D eigenvalue weighted by atomic mass is 9.95. The summed E-state index contributed by atoms with van der Waals surface area (Å²) in [5, 5.41) is 11.9. The molecule has 0 aromatic rings. The normalized spacial score (nSPS) is 23.9. The SMILES string of the molecule is Cl.NC(=O)C(O)[C@@H](N)C[C@@H]1CCNC1=O. The minimum Gasteiger partial charge on any atom is -0.382 e. The maximum absolute atomic E-state index is 11.1. The Balaban J connectivity index is 0.00000196. The van der Waals surface area contributed by atoms with Crippen molar-refractivity contribution in [3.05, 3.63) is 0 Å². The molecule has 0 bridgehead atoms. The number of hydrogen-bond acceptors (Lipinski definition) is 4. The van der Waals surface area contributed by atoms with E-state index in [4.69, 9.17) is 11.5 Å². The molecule has 7 heteroatoms. The van der Waals surface area contributed by atoms with E-state index in [2.05, 4.69) is 5.32 Å². The van der Waals surface area contributed by atoms with E-state index in [0.717, 1.165) is 0 Å². The average molecular weight is 238 g/mol. The van der Waals surface area contributed by atoms with Gasteiger partial charge in [-0.3, -0.25) is 9.59 Å². The van der Waals surface area contributed by atoms with Crippen LogP contribution in [0.1, 0.15) is 12.8 Å². The largest absolute Gasteiger partial charge is 0.382 e. The Hall–Kier alpha value is -0.850. The summed E-state index contributed by atoms with van der Waals surface area (Å²) in [5.41, 5.74) is 10.4. The van der Waals surface area contributed by atoms with Gasteiger partial charge < -0.3 is 21.9 Å². The number of amides is 2. The fourth-order valence-corrected chi connectivity index (χ4v) is 1.54. The molecule has 0 saturated carbocycles. The maximum atomic E-state index is 11.1. The predicted octanol–water partition coefficient (Wildman–Crippen LogP) is -1.89. The molecule has 15 heavy (non-hydrogen) atoms. The standard InChI is InChI=1S/C8H15N3O3.ClH/c9-5(6(12)7(10)13)3-4-1-2-11-8(4)14;/h4-6,12H,1-3,9H2,(H2,10,13)(H,11,14);1H/t4-,5-,6?;/m0./s1. The van der Waals surface area contributed by atoms with Crippen molar-refractivity contribution >= 4 is 24.2 Å². The van der Waals surface area contributed by atoms with E-state index in [0.29, 0.717) is 13.0 Å². The van der Waals surface area contributed by atoms with Crippen LogP contribution in [0.3, 0.4) is 0 Å². The van der Waals surface area contributed by atoms with Gasteiger partial charge in [-0.05, 0) is 12.8 Å². The average Bonchev–Trinajstić information content (AvgIpc) is 2.50. The lowest BCUT2D eigenvalue weighted by Gasteiger charge is -2.17. The molecule has 1 aliphatic heterocycles. The van der Waals surface area contributed by atoms with Crippen LogP contribution in [0.15, 0.2) is 0 Å². The van der Waals surface area contributed by atoms with Gasteiger partial charge in [0.05, 0.1) is 0 Å². The number of aliphatic hydroxyl groups excluding tert-OH is 1. The molecule has 88 valence electrons. The zero-order chi connectivity index (χ0) is 10.7. The summed E-state index contributed by atoms with van der Waals surface area (Å²) in [7, 11) is 0. The number of carbonyl (C=O) groups excluding carboxylic acids is 2. The van der Waals surface area contributed by atoms with Gasteiger partial charge in [0.15, 0.2) is 0 Å². The first kappa shape index (κ1) is 14.2. The number of aliphatic hydroxyl groups is 1. The highest BCUT2D eigenvalue weighted by atomic mass is 35.5. The van der Waals surface area contributed by atoms with Crippen molar-refractivity contribution in [2.75, 3.05) is 6.54 Å². The molecule has 0 radical (unpaired) electrons. The summed E-state index contributed by atoms with van der Waals surface area (Å²) in [6.07, 6.45) is -0.392. The molecule has 1 saturated heterocycles. The zero-order valence-electron chi connectivity index (χ0n) is 8.18. The van der Waals surface area contributed by atoms with Crippen LogP contribution in [-0.2, 0) is 9.59 Å². The highest BCUT2D eigenvalue weighted by Gasteiger charge is 2.30. The Labute approximate surface area is 93.8 Å². The highest BCUT2D eigenvalue weighted by Crippen LogP contribution is 2.16. The van der Waals surface area contributed by atoms with Gasteiger partial charge in [-0.1, -0.05) is 0 Å². The molecule has 0 aromatic heterocycles. The van der Waals surface area contributed by atoms with Crippen LogP contribution in [0.25, 0.3) is 0 Å². The number of primary amides is 1. The van der Waals surface area contributed by atoms with Crippen molar-refractivity contribution in [3.63, 3.8) is 0 Å². The van der Waals surface area contributed by atoms with Crippen LogP contribution in [0.2, 0.25) is 0 Å². The molecule has 3 atom stereocenters. The summed E-state index contributed by atoms with van der Waals surface area (Å²) >= 11 is 0. The van der Waals surface area contributed by atoms with E-state index in [9.17, 15) is 14.7 Å². The fraction of sp³-hybridized carbons (Fsp3) is 0.750. The number of nitrogens with one attached hydrogen (secondary N) is 1. The van der Waals surface area contributed by atoms with Crippen LogP contribution < -0.4 is 16.8 Å². The topological polar surface area (TPSA) is 118 Å². The first-order chi connectivity index (χ1) is 6.52. The molecule has 1 rings (SSSR count). The third-order valence-electron chi connectivity index (χ3n) is 2.42. The van der Waals surface area contributed by atoms with Gasteiger partial charge in [0.2, 0.25) is 11.8 Å². The van der Waals surface area contributed by atoms with Gasteiger partial charge in [-0.2, -0.15) is 0 Å². The smallest absolute Gasteiger partial charge is 0.247 e. The molecule has 1 unspecified atom stereocenters. The Morgan fingerprint density at radius 2 is 2.27 bits per heavy atom. The number of nitrogens with two attached hydrogens (primary N) is 2. The van der Waals surface area contributed by atoms with Crippen LogP contribution in [0.4, 0.5) is 0 Å². The zero-order valence-corrected chi connectivity index (χ0v) is 9.00. The van der Waals surface area contributed by atoms with Crippen molar-refractivity contribution in [2.24, 2.45) is 17.4 Å². The molecule has 1 fully saturated rings. The molecule has 1 aliphatic rings. The van der Waals surface area contributed by atoms with E-state index >= 15 is 0 Å². The molecule has 6 nitrogen and oxygen atoms in total. The summed E-state index contributed by atoms with van der Waals surface area (Å²) in [5.74, 6) is -1.13. The second kappa shape index (κ2) is 5.89. The maximum Gasteiger partial charge on any atom is 0.247 e. The van der Waals surface area contributed by atoms with E-state index < -0.39 is 18.1 Å². The summed E-state index contributed by atoms with van der Waals surface area (Å²) in [4.78, 5) is 21.7. The second-order valence-corrected chi connectivity index (χ2v) is 3.52. The van der Waals surface area contributed by atoms with E-state index in [1.807, 2.05) is 0 Å². The molecule has 0 aromatic carbocycles. The highest BCUT2D eigenvalue weighted by molar-refractivity contribution is 5.85. The van der Waals surface area contributed by atoms with E-state index in [1.165, 1.54) is 0 Å². The Morgan fingerprint density at radius 1 is 1.67 bits per heavy atom. The lowest BCUT2D eigenvalue weighted by molar-refractivity contribution is -0.128. The van der Waals surface area contributed by atoms with Crippen LogP contribution >= 0.6 is 12.4 Å². The molecule has 2 amide bonds. The second-order valence-electron chi connectivity index (χ2n) is 3.52. The minimum atomic E-state index is -1.37. The summed E-state index contributed by atoms with van der Waals surface area (Å²) in [6.45, 7) is 0.628. The number of carbonyl (C=O) groups is 2. The van der Waals surface area contributed by atoms with Crippen molar-refractivity contribution in [2.45, 2.75) is 25.0 Å². The fourth-order valence-electron chi connectivity index (χ4n) is 1.54. The Morgan fingerprint density at radius 3 is 2.67 bits per heavy atom. The first-order valence-electron chi connectivity index (χ1n) is 4.53. The van der Waals surface area contributed by atoms with Crippen molar-refractivity contribution in [3.8, 4) is 0 Å². The quantitative estimate of drug-likeness (QED) is 0.457. The Kier molecular flexibility index (Phi) is 5.56. The van der Waals surface area contributed by atoms with Gasteiger partial charge in [0.25, 0.3) is 0 Å². The Bertz CT molecular complexity index is 249. The van der Waals surface area contributed by atoms with Gasteiger partial charge >= 0.3 is 0 Å². The van der Waals surface area contributed by atoms with Crippen molar-refractivity contribution < 1.29 is 14.7 Å². The number of halogens is 1. The van der Waals surface area contributed by atoms with Gasteiger partial charge in [-0.15, -0.1) is 12.4 Å². The molecule has 1 heterocycles. The third kappa shape index (κ3) is 3.65. The van der Waals surface area contributed by atoms with Crippen molar-refractivity contribution in [1.82, 2.24) is 5.32 Å². The third-order valence-corrected chi connectivity index (χ3v) is 2.42. The van der Waals surface area contributed by atoms with Crippen LogP contribution in [0, 0.1) is 5.92 Å². The molecular weight excluding hydrogens is 222 g/mol. The summed E-state index contributed by atoms with van der Waals surface area (Å²) in [6, 6.07) is -0.763. The monoisotopic (exact) mass is 237 g/mol. The molecule has 0 aliphatic carbocycles.